The Balaban J connectivity index is 1.61. The number of carbonyl (C=O) groups excluding carboxylic acids is 2. The van der Waals surface area contributed by atoms with Crippen LogP contribution in [0, 0.1) is 6.92 Å². The quantitative estimate of drug-likeness (QED) is 0.828. The average Bonchev–Trinajstić information content (AvgIpc) is 3.43. The first-order valence-corrected chi connectivity index (χ1v) is 9.52. The topological polar surface area (TPSA) is 69.6 Å². The van der Waals surface area contributed by atoms with Crippen LogP contribution in [-0.4, -0.2) is 41.0 Å². The van der Waals surface area contributed by atoms with Crippen molar-refractivity contribution in [3.05, 3.63) is 58.7 Å². The first-order valence-electron chi connectivity index (χ1n) is 9.52. The molecule has 5 heteroatoms. The SMILES string of the molecule is Cc1ccc(C(=O)NC2CC2)cc1-c1ccc2c(c1)CN(CCCO)C2=O. The second kappa shape index (κ2) is 7.16. The van der Waals surface area contributed by atoms with Gasteiger partial charge in [-0.15, -0.1) is 0 Å². The molecule has 1 aliphatic carbocycles. The Kier molecular flexibility index (Phi) is 4.70. The van der Waals surface area contributed by atoms with E-state index in [0.29, 0.717) is 31.1 Å². The highest BCUT2D eigenvalue weighted by molar-refractivity contribution is 5.99. The smallest absolute Gasteiger partial charge is 0.254 e. The van der Waals surface area contributed by atoms with Crippen LogP contribution in [0.3, 0.4) is 0 Å². The summed E-state index contributed by atoms with van der Waals surface area (Å²) in [5.74, 6) is 0.00421. The van der Waals surface area contributed by atoms with Crippen molar-refractivity contribution in [3.63, 3.8) is 0 Å². The minimum absolute atomic E-state index is 0.0229. The maximum absolute atomic E-state index is 12.5. The fraction of sp³-hybridized carbons (Fsp3) is 0.364. The van der Waals surface area contributed by atoms with E-state index in [4.69, 9.17) is 5.11 Å². The molecule has 1 heterocycles. The second-order valence-electron chi connectivity index (χ2n) is 7.45. The molecule has 1 aliphatic heterocycles. The van der Waals surface area contributed by atoms with E-state index in [1.807, 2.05) is 37.3 Å². The lowest BCUT2D eigenvalue weighted by atomic mass is 9.95. The van der Waals surface area contributed by atoms with E-state index >= 15 is 0 Å². The van der Waals surface area contributed by atoms with Crippen molar-refractivity contribution in [2.75, 3.05) is 13.2 Å². The third-order valence-electron chi connectivity index (χ3n) is 5.29. The predicted molar refractivity (Wildman–Crippen MR) is 104 cm³/mol. The molecule has 4 rings (SSSR count). The Morgan fingerprint density at radius 3 is 2.74 bits per heavy atom. The number of hydrogen-bond donors (Lipinski definition) is 2. The van der Waals surface area contributed by atoms with Crippen molar-refractivity contribution in [1.82, 2.24) is 10.2 Å². The molecule has 2 aromatic rings. The van der Waals surface area contributed by atoms with Crippen LogP contribution in [0.5, 0.6) is 0 Å². The molecule has 0 atom stereocenters. The third-order valence-corrected chi connectivity index (χ3v) is 5.29. The van der Waals surface area contributed by atoms with E-state index in [9.17, 15) is 9.59 Å². The number of rotatable bonds is 6. The lowest BCUT2D eigenvalue weighted by Crippen LogP contribution is -2.25. The number of benzene rings is 2. The van der Waals surface area contributed by atoms with Gasteiger partial charge >= 0.3 is 0 Å². The normalized spacial score (nSPS) is 15.8. The van der Waals surface area contributed by atoms with Crippen LogP contribution in [-0.2, 0) is 6.54 Å². The summed E-state index contributed by atoms with van der Waals surface area (Å²) in [4.78, 5) is 26.6. The Morgan fingerprint density at radius 1 is 1.19 bits per heavy atom. The summed E-state index contributed by atoms with van der Waals surface area (Å²) >= 11 is 0. The molecule has 0 aromatic heterocycles. The van der Waals surface area contributed by atoms with E-state index in [2.05, 4.69) is 11.4 Å². The number of amides is 2. The fourth-order valence-electron chi connectivity index (χ4n) is 3.56. The van der Waals surface area contributed by atoms with Crippen LogP contribution >= 0.6 is 0 Å². The van der Waals surface area contributed by atoms with Crippen LogP contribution < -0.4 is 5.32 Å². The molecule has 2 aromatic carbocycles. The highest BCUT2D eigenvalue weighted by atomic mass is 16.3. The molecule has 27 heavy (non-hydrogen) atoms. The third kappa shape index (κ3) is 3.60. The Morgan fingerprint density at radius 2 is 2.00 bits per heavy atom. The average molecular weight is 364 g/mol. The minimum atomic E-state index is -0.0229. The van der Waals surface area contributed by atoms with Gasteiger partial charge in [-0.1, -0.05) is 12.1 Å². The minimum Gasteiger partial charge on any atom is -0.396 e. The number of aliphatic hydroxyl groups is 1. The van der Waals surface area contributed by atoms with Gasteiger partial charge in [0.25, 0.3) is 11.8 Å². The maximum Gasteiger partial charge on any atom is 0.254 e. The zero-order valence-electron chi connectivity index (χ0n) is 15.5. The number of nitrogens with one attached hydrogen (secondary N) is 1. The largest absolute Gasteiger partial charge is 0.396 e. The number of aryl methyl sites for hydroxylation is 1. The van der Waals surface area contributed by atoms with Crippen LogP contribution in [0.15, 0.2) is 36.4 Å². The van der Waals surface area contributed by atoms with Gasteiger partial charge in [0.1, 0.15) is 0 Å². The zero-order chi connectivity index (χ0) is 19.0. The lowest BCUT2D eigenvalue weighted by Gasteiger charge is -2.14. The Bertz CT molecular complexity index is 902. The summed E-state index contributed by atoms with van der Waals surface area (Å²) in [6.07, 6.45) is 2.72. The van der Waals surface area contributed by atoms with E-state index in [1.54, 1.807) is 4.90 Å². The molecule has 1 fully saturated rings. The van der Waals surface area contributed by atoms with E-state index in [-0.39, 0.29) is 18.4 Å². The summed E-state index contributed by atoms with van der Waals surface area (Å²) < 4.78 is 0. The number of fused-ring (bicyclic) bond motifs is 1. The maximum atomic E-state index is 12.5. The van der Waals surface area contributed by atoms with Crippen LogP contribution in [0.1, 0.15) is 51.1 Å². The van der Waals surface area contributed by atoms with Gasteiger partial charge in [-0.2, -0.15) is 0 Å². The molecule has 0 bridgehead atoms. The van der Waals surface area contributed by atoms with Gasteiger partial charge in [0, 0.05) is 36.9 Å². The first kappa shape index (κ1) is 17.7. The molecular formula is C22H24N2O3. The number of carbonyl (C=O) groups is 2. The number of nitrogens with zero attached hydrogens (tertiary/aromatic N) is 1. The van der Waals surface area contributed by atoms with Crippen molar-refractivity contribution in [2.45, 2.75) is 38.8 Å². The van der Waals surface area contributed by atoms with E-state index in [0.717, 1.165) is 40.7 Å². The van der Waals surface area contributed by atoms with Gasteiger partial charge in [-0.25, -0.2) is 0 Å². The standard InChI is InChI=1S/C22H24N2O3/c1-14-3-4-16(21(26)23-18-6-7-18)12-20(14)15-5-8-19-17(11-15)13-24(22(19)27)9-2-10-25/h3-5,8,11-12,18,25H,2,6-7,9-10,13H2,1H3,(H,23,26). The molecule has 5 nitrogen and oxygen atoms in total. The molecule has 2 aliphatic rings. The molecule has 0 saturated heterocycles. The second-order valence-corrected chi connectivity index (χ2v) is 7.45. The van der Waals surface area contributed by atoms with Crippen molar-refractivity contribution in [3.8, 4) is 11.1 Å². The van der Waals surface area contributed by atoms with E-state index < -0.39 is 0 Å². The molecule has 0 spiro atoms. The molecule has 1 saturated carbocycles. The fourth-order valence-corrected chi connectivity index (χ4v) is 3.56. The van der Waals surface area contributed by atoms with Crippen molar-refractivity contribution < 1.29 is 14.7 Å². The van der Waals surface area contributed by atoms with Gasteiger partial charge in [-0.3, -0.25) is 9.59 Å². The van der Waals surface area contributed by atoms with Gasteiger partial charge < -0.3 is 15.3 Å². The summed E-state index contributed by atoms with van der Waals surface area (Å²) in [6, 6.07) is 12.0. The molecule has 0 unspecified atom stereocenters. The monoisotopic (exact) mass is 364 g/mol. The van der Waals surface area contributed by atoms with Crippen molar-refractivity contribution in [2.24, 2.45) is 0 Å². The first-order chi connectivity index (χ1) is 13.1. The highest BCUT2D eigenvalue weighted by Crippen LogP contribution is 2.31. The van der Waals surface area contributed by atoms with Gasteiger partial charge in [-0.05, 0) is 72.7 Å². The van der Waals surface area contributed by atoms with Crippen molar-refractivity contribution in [1.29, 1.82) is 0 Å². The molecule has 140 valence electrons. The highest BCUT2D eigenvalue weighted by Gasteiger charge is 2.27. The van der Waals surface area contributed by atoms with Gasteiger partial charge in [0.15, 0.2) is 0 Å². The molecule has 2 N–H and O–H groups in total. The Labute approximate surface area is 159 Å². The Hall–Kier alpha value is -2.66. The van der Waals surface area contributed by atoms with Crippen LogP contribution in [0.25, 0.3) is 11.1 Å². The van der Waals surface area contributed by atoms with Crippen LogP contribution in [0.4, 0.5) is 0 Å². The zero-order valence-corrected chi connectivity index (χ0v) is 15.5. The summed E-state index contributed by atoms with van der Waals surface area (Å²) in [5, 5.41) is 12.0. The predicted octanol–water partition coefficient (Wildman–Crippen LogP) is 2.89. The molecule has 0 radical (unpaired) electrons. The summed E-state index contributed by atoms with van der Waals surface area (Å²) in [5.41, 5.74) is 5.54. The lowest BCUT2D eigenvalue weighted by molar-refractivity contribution is 0.0768. The van der Waals surface area contributed by atoms with E-state index in [1.165, 1.54) is 0 Å². The number of aliphatic hydroxyl groups excluding tert-OH is 1. The summed E-state index contributed by atoms with van der Waals surface area (Å²) in [7, 11) is 0. The number of hydrogen-bond acceptors (Lipinski definition) is 3. The summed E-state index contributed by atoms with van der Waals surface area (Å²) in [6.45, 7) is 3.25. The van der Waals surface area contributed by atoms with Crippen molar-refractivity contribution >= 4 is 11.8 Å². The van der Waals surface area contributed by atoms with Gasteiger partial charge in [0.2, 0.25) is 0 Å². The van der Waals surface area contributed by atoms with Gasteiger partial charge in [0.05, 0.1) is 0 Å². The van der Waals surface area contributed by atoms with Crippen LogP contribution in [0.2, 0.25) is 0 Å². The molecule has 2 amide bonds. The molecular weight excluding hydrogens is 340 g/mol.